The quantitative estimate of drug-likeness (QED) is 0.648. The molecule has 0 spiro atoms. The summed E-state index contributed by atoms with van der Waals surface area (Å²) < 4.78 is 41.2. The minimum Gasteiger partial charge on any atom is -0.493 e. The maximum absolute atomic E-state index is 12.7. The average Bonchev–Trinajstić information content (AvgIpc) is 2.66. The van der Waals surface area contributed by atoms with Crippen molar-refractivity contribution in [1.82, 2.24) is 0 Å². The van der Waals surface area contributed by atoms with Crippen LogP contribution in [0.5, 0.6) is 17.2 Å². The number of nitrogens with zero attached hydrogens (tertiary/aromatic N) is 1. The van der Waals surface area contributed by atoms with Crippen molar-refractivity contribution in [1.29, 1.82) is 5.26 Å². The fourth-order valence-electron chi connectivity index (χ4n) is 2.45. The van der Waals surface area contributed by atoms with Crippen LogP contribution in [0, 0.1) is 11.3 Å². The van der Waals surface area contributed by atoms with Gasteiger partial charge in [0.25, 0.3) is 0 Å². The van der Waals surface area contributed by atoms with Gasteiger partial charge in [-0.2, -0.15) is 5.26 Å². The lowest BCUT2D eigenvalue weighted by Gasteiger charge is -2.14. The molecular weight excluding hydrogens is 390 g/mol. The van der Waals surface area contributed by atoms with E-state index in [-0.39, 0.29) is 16.4 Å². The van der Waals surface area contributed by atoms with E-state index >= 15 is 0 Å². The van der Waals surface area contributed by atoms with E-state index in [0.29, 0.717) is 27.6 Å². The van der Waals surface area contributed by atoms with E-state index in [1.165, 1.54) is 27.4 Å². The van der Waals surface area contributed by atoms with Crippen LogP contribution in [0.25, 0.3) is 6.08 Å². The van der Waals surface area contributed by atoms with Crippen LogP contribution in [0.2, 0.25) is 5.02 Å². The molecule has 0 heterocycles. The molecule has 0 aliphatic rings. The van der Waals surface area contributed by atoms with Gasteiger partial charge >= 0.3 is 0 Å². The van der Waals surface area contributed by atoms with E-state index in [1.54, 1.807) is 42.5 Å². The Labute approximate surface area is 163 Å². The number of nitriles is 1. The van der Waals surface area contributed by atoms with E-state index in [4.69, 9.17) is 25.8 Å². The molecule has 2 rings (SSSR count). The number of hydrogen-bond donors (Lipinski definition) is 0. The summed E-state index contributed by atoms with van der Waals surface area (Å²) in [7, 11) is 0.469. The summed E-state index contributed by atoms with van der Waals surface area (Å²) in [6.07, 6.45) is 1.26. The Morgan fingerprint density at radius 2 is 1.67 bits per heavy atom. The Morgan fingerprint density at radius 3 is 2.19 bits per heavy atom. The first kappa shape index (κ1) is 20.6. The van der Waals surface area contributed by atoms with Crippen molar-refractivity contribution in [3.8, 4) is 23.3 Å². The number of halogens is 1. The van der Waals surface area contributed by atoms with Gasteiger partial charge < -0.3 is 14.2 Å². The van der Waals surface area contributed by atoms with Crippen LogP contribution in [0.15, 0.2) is 41.3 Å². The van der Waals surface area contributed by atoms with Crippen molar-refractivity contribution in [3.63, 3.8) is 0 Å². The molecule has 0 saturated heterocycles. The van der Waals surface area contributed by atoms with Gasteiger partial charge in [0.05, 0.1) is 27.1 Å². The van der Waals surface area contributed by atoms with Gasteiger partial charge in [-0.3, -0.25) is 0 Å². The minimum atomic E-state index is -3.87. The molecule has 0 atom stereocenters. The standard InChI is InChI=1S/C19H18ClNO5S/c1-24-17-9-6-14(18(25-2)19(17)26-3)10-16(11-21)27(22,23)12-13-4-7-15(20)8-5-13/h4-10H,12H2,1-3H3. The van der Waals surface area contributed by atoms with Crippen LogP contribution in [0.3, 0.4) is 0 Å². The van der Waals surface area contributed by atoms with Crippen LogP contribution in [0.1, 0.15) is 11.1 Å². The lowest BCUT2D eigenvalue weighted by molar-refractivity contribution is 0.324. The number of methoxy groups -OCH3 is 3. The number of sulfone groups is 1. The van der Waals surface area contributed by atoms with Crippen LogP contribution < -0.4 is 14.2 Å². The highest BCUT2D eigenvalue weighted by molar-refractivity contribution is 7.95. The van der Waals surface area contributed by atoms with E-state index in [9.17, 15) is 13.7 Å². The highest BCUT2D eigenvalue weighted by Gasteiger charge is 2.21. The molecule has 2 aromatic rings. The first-order chi connectivity index (χ1) is 12.9. The molecule has 0 aliphatic heterocycles. The summed E-state index contributed by atoms with van der Waals surface area (Å²) in [6, 6.07) is 11.4. The maximum Gasteiger partial charge on any atom is 0.203 e. The largest absolute Gasteiger partial charge is 0.493 e. The molecule has 0 amide bonds. The summed E-state index contributed by atoms with van der Waals surface area (Å²) in [5.74, 6) is 0.681. The molecule has 0 N–H and O–H groups in total. The third-order valence-corrected chi connectivity index (χ3v) is 5.58. The van der Waals surface area contributed by atoms with Crippen molar-refractivity contribution < 1.29 is 22.6 Å². The zero-order valence-corrected chi connectivity index (χ0v) is 16.6. The smallest absolute Gasteiger partial charge is 0.203 e. The first-order valence-corrected chi connectivity index (χ1v) is 9.77. The van der Waals surface area contributed by atoms with E-state index < -0.39 is 9.84 Å². The van der Waals surface area contributed by atoms with Gasteiger partial charge in [-0.05, 0) is 35.9 Å². The van der Waals surface area contributed by atoms with Crippen LogP contribution >= 0.6 is 11.6 Å². The van der Waals surface area contributed by atoms with Gasteiger partial charge in [-0.15, -0.1) is 0 Å². The van der Waals surface area contributed by atoms with Crippen molar-refractivity contribution in [2.24, 2.45) is 0 Å². The van der Waals surface area contributed by atoms with Gasteiger partial charge in [-0.1, -0.05) is 23.7 Å². The number of hydrogen-bond acceptors (Lipinski definition) is 6. The molecule has 27 heavy (non-hydrogen) atoms. The zero-order valence-electron chi connectivity index (χ0n) is 15.0. The summed E-state index contributed by atoms with van der Waals surface area (Å²) in [4.78, 5) is -0.386. The van der Waals surface area contributed by atoms with Gasteiger partial charge in [-0.25, -0.2) is 8.42 Å². The number of benzene rings is 2. The molecule has 0 saturated carbocycles. The van der Waals surface area contributed by atoms with Crippen LogP contribution in [-0.4, -0.2) is 29.7 Å². The molecule has 0 fully saturated rings. The second kappa shape index (κ2) is 8.80. The Kier molecular flexibility index (Phi) is 6.72. The fourth-order valence-corrected chi connectivity index (χ4v) is 3.81. The van der Waals surface area contributed by atoms with Crippen LogP contribution in [0.4, 0.5) is 0 Å². The molecule has 0 bridgehead atoms. The predicted molar refractivity (Wildman–Crippen MR) is 104 cm³/mol. The highest BCUT2D eigenvalue weighted by atomic mass is 35.5. The third kappa shape index (κ3) is 4.73. The van der Waals surface area contributed by atoms with Gasteiger partial charge in [0.1, 0.15) is 11.0 Å². The molecule has 0 unspecified atom stereocenters. The van der Waals surface area contributed by atoms with Gasteiger partial charge in [0.2, 0.25) is 5.75 Å². The molecular formula is C19H18ClNO5S. The van der Waals surface area contributed by atoms with Crippen molar-refractivity contribution in [3.05, 3.63) is 57.5 Å². The predicted octanol–water partition coefficient (Wildman–Crippen LogP) is 3.85. The Balaban J connectivity index is 2.49. The normalized spacial score (nSPS) is 11.6. The summed E-state index contributed by atoms with van der Waals surface area (Å²) in [5, 5.41) is 9.92. The molecule has 0 aromatic heterocycles. The maximum atomic E-state index is 12.7. The second-order valence-electron chi connectivity index (χ2n) is 5.43. The molecule has 6 nitrogen and oxygen atoms in total. The van der Waals surface area contributed by atoms with Gasteiger partial charge in [0.15, 0.2) is 21.3 Å². The minimum absolute atomic E-state index is 0.270. The zero-order chi connectivity index (χ0) is 20.0. The van der Waals surface area contributed by atoms with Crippen molar-refractivity contribution in [2.45, 2.75) is 5.75 Å². The highest BCUT2D eigenvalue weighted by Crippen LogP contribution is 2.40. The molecule has 0 radical (unpaired) electrons. The monoisotopic (exact) mass is 407 g/mol. The lowest BCUT2D eigenvalue weighted by atomic mass is 10.1. The fraction of sp³-hybridized carbons (Fsp3) is 0.211. The number of rotatable bonds is 7. The topological polar surface area (TPSA) is 85.6 Å². The van der Waals surface area contributed by atoms with Crippen molar-refractivity contribution >= 4 is 27.5 Å². The first-order valence-electron chi connectivity index (χ1n) is 7.74. The van der Waals surface area contributed by atoms with Gasteiger partial charge in [0, 0.05) is 10.6 Å². The molecule has 2 aromatic carbocycles. The van der Waals surface area contributed by atoms with Crippen LogP contribution in [-0.2, 0) is 15.6 Å². The number of ether oxygens (including phenoxy) is 3. The Hall–Kier alpha value is -2.69. The summed E-state index contributed by atoms with van der Waals surface area (Å²) >= 11 is 5.82. The number of allylic oxidation sites excluding steroid dienone is 1. The average molecular weight is 408 g/mol. The SMILES string of the molecule is COc1ccc(C=C(C#N)S(=O)(=O)Cc2ccc(Cl)cc2)c(OC)c1OC. The lowest BCUT2D eigenvalue weighted by Crippen LogP contribution is -2.06. The van der Waals surface area contributed by atoms with E-state index in [1.807, 2.05) is 0 Å². The Bertz CT molecular complexity index is 992. The molecule has 0 aliphatic carbocycles. The molecule has 8 heteroatoms. The second-order valence-corrected chi connectivity index (χ2v) is 7.82. The summed E-state index contributed by atoms with van der Waals surface area (Å²) in [5.41, 5.74) is 0.909. The van der Waals surface area contributed by atoms with E-state index in [2.05, 4.69) is 0 Å². The summed E-state index contributed by atoms with van der Waals surface area (Å²) in [6.45, 7) is 0. The van der Waals surface area contributed by atoms with Crippen molar-refractivity contribution in [2.75, 3.05) is 21.3 Å². The van der Waals surface area contributed by atoms with E-state index in [0.717, 1.165) is 0 Å². The molecule has 142 valence electrons. The Morgan fingerprint density at radius 1 is 1.04 bits per heavy atom. The third-order valence-electron chi connectivity index (χ3n) is 3.74.